The number of rotatable bonds is 0. The number of hydrogen-bond donors (Lipinski definition) is 0. The van der Waals surface area contributed by atoms with Gasteiger partial charge in [-0.15, -0.1) is 0 Å². The first kappa shape index (κ1) is 12.5. The van der Waals surface area contributed by atoms with Gasteiger partial charge >= 0.3 is 18.2 Å². The van der Waals surface area contributed by atoms with Crippen LogP contribution < -0.4 is 0 Å². The molecule has 1 saturated heterocycles. The van der Waals surface area contributed by atoms with Crippen molar-refractivity contribution in [2.45, 2.75) is 23.5 Å². The van der Waals surface area contributed by atoms with Crippen LogP contribution in [0.1, 0.15) is 0 Å². The molecule has 0 aromatic heterocycles. The van der Waals surface area contributed by atoms with Crippen LogP contribution in [0.2, 0.25) is 0 Å². The van der Waals surface area contributed by atoms with E-state index in [9.17, 15) is 39.2 Å². The van der Waals surface area contributed by atoms with Gasteiger partial charge in [-0.25, -0.2) is 4.18 Å². The summed E-state index contributed by atoms with van der Waals surface area (Å²) in [4.78, 5) is 0. The summed E-state index contributed by atoms with van der Waals surface area (Å²) in [7, 11) is -5.59. The van der Waals surface area contributed by atoms with Crippen molar-refractivity contribution in [3.8, 4) is 0 Å². The Hall–Kier alpha value is -0.580. The highest BCUT2D eigenvalue weighted by Gasteiger charge is 2.83. The molecule has 0 aliphatic carbocycles. The third kappa shape index (κ3) is 1.67. The molecule has 2 unspecified atom stereocenters. The van der Waals surface area contributed by atoms with Gasteiger partial charge < -0.3 is 0 Å². The number of hydrogen-bond acceptors (Lipinski definition) is 3. The zero-order chi connectivity index (χ0) is 12.3. The Labute approximate surface area is 77.9 Å². The van der Waals surface area contributed by atoms with E-state index in [-0.39, 0.29) is 0 Å². The van der Waals surface area contributed by atoms with Gasteiger partial charge in [0, 0.05) is 0 Å². The lowest BCUT2D eigenvalue weighted by Crippen LogP contribution is -2.71. The SMILES string of the molecule is O=S1(=O)OC(F)(C(F)(F)F)C1C(F)(F)F. The van der Waals surface area contributed by atoms with Crippen molar-refractivity contribution in [3.63, 3.8) is 0 Å². The summed E-state index contributed by atoms with van der Waals surface area (Å²) in [6.45, 7) is 0. The van der Waals surface area contributed by atoms with Gasteiger partial charge in [0.15, 0.2) is 0 Å². The minimum atomic E-state index is -6.07. The maximum Gasteiger partial charge on any atom is 0.451 e. The smallest absolute Gasteiger partial charge is 0.218 e. The second-order valence-electron chi connectivity index (χ2n) is 2.64. The van der Waals surface area contributed by atoms with E-state index in [4.69, 9.17) is 0 Å². The minimum absolute atomic E-state index is 2.68. The normalized spacial score (nSPS) is 36.1. The first-order valence-electron chi connectivity index (χ1n) is 3.09. The molecule has 11 heteroatoms. The topological polar surface area (TPSA) is 43.4 Å². The van der Waals surface area contributed by atoms with Crippen LogP contribution in [-0.4, -0.2) is 31.9 Å². The van der Waals surface area contributed by atoms with E-state index in [0.717, 1.165) is 0 Å². The standard InChI is InChI=1S/C4HF7O3S/c5-2(4(9,10)11)1(3(6,7)8)15(12,13)14-2/h1H. The molecule has 0 spiro atoms. The van der Waals surface area contributed by atoms with Crippen molar-refractivity contribution >= 4 is 10.1 Å². The largest absolute Gasteiger partial charge is 0.451 e. The fourth-order valence-electron chi connectivity index (χ4n) is 0.974. The molecule has 0 radical (unpaired) electrons. The van der Waals surface area contributed by atoms with Crippen LogP contribution in [0.15, 0.2) is 0 Å². The number of halogens is 7. The van der Waals surface area contributed by atoms with Crippen LogP contribution in [0.25, 0.3) is 0 Å². The Morgan fingerprint density at radius 1 is 1.07 bits per heavy atom. The Balaban J connectivity index is 3.20. The van der Waals surface area contributed by atoms with Crippen LogP contribution in [0.5, 0.6) is 0 Å². The third-order valence-electron chi connectivity index (χ3n) is 1.55. The molecular weight excluding hydrogens is 261 g/mol. The molecule has 1 fully saturated rings. The summed E-state index contributed by atoms with van der Waals surface area (Å²) < 4.78 is 106. The predicted molar refractivity (Wildman–Crippen MR) is 29.7 cm³/mol. The van der Waals surface area contributed by atoms with E-state index in [2.05, 4.69) is 4.18 Å². The summed E-state index contributed by atoms with van der Waals surface area (Å²) in [5.74, 6) is -5.22. The molecule has 0 saturated carbocycles. The molecule has 3 nitrogen and oxygen atoms in total. The highest BCUT2D eigenvalue weighted by Crippen LogP contribution is 2.54. The summed E-state index contributed by atoms with van der Waals surface area (Å²) in [5, 5.41) is -4.22. The van der Waals surface area contributed by atoms with Crippen LogP contribution in [-0.2, 0) is 14.3 Å². The van der Waals surface area contributed by atoms with Crippen molar-refractivity contribution in [2.75, 3.05) is 0 Å². The molecule has 0 aromatic rings. The Morgan fingerprint density at radius 2 is 1.47 bits per heavy atom. The lowest BCUT2D eigenvalue weighted by atomic mass is 10.2. The van der Waals surface area contributed by atoms with E-state index >= 15 is 0 Å². The molecule has 0 amide bonds. The average molecular weight is 262 g/mol. The van der Waals surface area contributed by atoms with E-state index in [1.165, 1.54) is 0 Å². The second-order valence-corrected chi connectivity index (χ2v) is 4.26. The van der Waals surface area contributed by atoms with E-state index in [1.807, 2.05) is 0 Å². The third-order valence-corrected chi connectivity index (χ3v) is 3.17. The summed E-state index contributed by atoms with van der Waals surface area (Å²) in [6, 6.07) is 0. The summed E-state index contributed by atoms with van der Waals surface area (Å²) in [6.07, 6.45) is -12.0. The summed E-state index contributed by atoms with van der Waals surface area (Å²) >= 11 is 0. The quantitative estimate of drug-likeness (QED) is 0.491. The van der Waals surface area contributed by atoms with Gasteiger partial charge in [0.2, 0.25) is 0 Å². The first-order chi connectivity index (χ1) is 6.32. The predicted octanol–water partition coefficient (Wildman–Crippen LogP) is 1.51. The van der Waals surface area contributed by atoms with Gasteiger partial charge in [0.1, 0.15) is 0 Å². The molecule has 1 heterocycles. The number of alkyl halides is 7. The molecule has 90 valence electrons. The molecule has 1 rings (SSSR count). The zero-order valence-electron chi connectivity index (χ0n) is 6.36. The van der Waals surface area contributed by atoms with Gasteiger partial charge in [-0.05, 0) is 0 Å². The average Bonchev–Trinajstić information content (AvgIpc) is 1.75. The van der Waals surface area contributed by atoms with E-state index in [1.54, 1.807) is 0 Å². The fraction of sp³-hybridized carbons (Fsp3) is 1.00. The zero-order valence-corrected chi connectivity index (χ0v) is 7.17. The summed E-state index contributed by atoms with van der Waals surface area (Å²) in [5.41, 5.74) is 0. The van der Waals surface area contributed by atoms with E-state index in [0.29, 0.717) is 0 Å². The maximum absolute atomic E-state index is 12.6. The highest BCUT2D eigenvalue weighted by molar-refractivity contribution is 7.88. The van der Waals surface area contributed by atoms with Crippen LogP contribution >= 0.6 is 0 Å². The fourth-order valence-corrected chi connectivity index (χ4v) is 2.34. The van der Waals surface area contributed by atoms with Gasteiger partial charge in [0.25, 0.3) is 15.4 Å². The van der Waals surface area contributed by atoms with Crippen molar-refractivity contribution in [3.05, 3.63) is 0 Å². The van der Waals surface area contributed by atoms with Gasteiger partial charge in [-0.3, -0.25) is 0 Å². The maximum atomic E-state index is 12.6. The van der Waals surface area contributed by atoms with Crippen LogP contribution in [0.3, 0.4) is 0 Å². The molecule has 15 heavy (non-hydrogen) atoms. The monoisotopic (exact) mass is 262 g/mol. The molecule has 2 atom stereocenters. The van der Waals surface area contributed by atoms with Gasteiger partial charge in [-0.2, -0.15) is 39.2 Å². The van der Waals surface area contributed by atoms with Crippen molar-refractivity contribution in [1.29, 1.82) is 0 Å². The Bertz CT molecular complexity index is 367. The van der Waals surface area contributed by atoms with Crippen molar-refractivity contribution < 1.29 is 43.3 Å². The lowest BCUT2D eigenvalue weighted by molar-refractivity contribution is -0.348. The van der Waals surface area contributed by atoms with Crippen LogP contribution in [0.4, 0.5) is 30.7 Å². The molecule has 0 bridgehead atoms. The molecule has 0 N–H and O–H groups in total. The molecular formula is C4HF7O3S. The van der Waals surface area contributed by atoms with Crippen molar-refractivity contribution in [2.24, 2.45) is 0 Å². The second kappa shape index (κ2) is 2.75. The van der Waals surface area contributed by atoms with Crippen molar-refractivity contribution in [1.82, 2.24) is 0 Å². The molecule has 0 aromatic carbocycles. The van der Waals surface area contributed by atoms with Gasteiger partial charge in [-0.1, -0.05) is 0 Å². The van der Waals surface area contributed by atoms with Crippen LogP contribution in [0, 0.1) is 0 Å². The highest BCUT2D eigenvalue weighted by atomic mass is 32.2. The molecule has 1 aliphatic rings. The minimum Gasteiger partial charge on any atom is -0.218 e. The Kier molecular flexibility index (Phi) is 2.29. The lowest BCUT2D eigenvalue weighted by Gasteiger charge is -2.41. The Morgan fingerprint density at radius 3 is 1.60 bits per heavy atom. The first-order valence-corrected chi connectivity index (χ1v) is 4.56. The molecule has 1 aliphatic heterocycles. The van der Waals surface area contributed by atoms with Gasteiger partial charge in [0.05, 0.1) is 0 Å². The van der Waals surface area contributed by atoms with E-state index < -0.39 is 33.6 Å².